The van der Waals surface area contributed by atoms with Crippen molar-refractivity contribution in [1.29, 1.82) is 0 Å². The van der Waals surface area contributed by atoms with Crippen molar-refractivity contribution in [2.24, 2.45) is 0 Å². The lowest BCUT2D eigenvalue weighted by Gasteiger charge is -2.45. The maximum atomic E-state index is 4.81. The van der Waals surface area contributed by atoms with Crippen molar-refractivity contribution in [2.75, 3.05) is 18.4 Å². The van der Waals surface area contributed by atoms with Crippen molar-refractivity contribution in [3.63, 3.8) is 0 Å². The molecule has 3 aromatic rings. The summed E-state index contributed by atoms with van der Waals surface area (Å²) < 4.78 is 2.31. The smallest absolute Gasteiger partial charge is 0.161 e. The van der Waals surface area contributed by atoms with Gasteiger partial charge < -0.3 is 5.32 Å². The number of pyridine rings is 1. The normalized spacial score (nSPS) is 17.8. The van der Waals surface area contributed by atoms with Crippen molar-refractivity contribution in [3.05, 3.63) is 71.4 Å². The van der Waals surface area contributed by atoms with Crippen molar-refractivity contribution >= 4 is 5.69 Å². The van der Waals surface area contributed by atoms with E-state index >= 15 is 0 Å². The molecule has 1 spiro atoms. The van der Waals surface area contributed by atoms with Gasteiger partial charge in [0.15, 0.2) is 5.82 Å². The van der Waals surface area contributed by atoms with Crippen LogP contribution in [0.5, 0.6) is 0 Å². The Kier molecular flexibility index (Phi) is 4.43. The molecule has 0 atom stereocenters. The fraction of sp³-hybridized carbons (Fsp3) is 0.417. The van der Waals surface area contributed by atoms with Crippen LogP contribution in [0.4, 0.5) is 5.69 Å². The third kappa shape index (κ3) is 3.14. The molecule has 0 aliphatic carbocycles. The third-order valence-electron chi connectivity index (χ3n) is 6.40. The Morgan fingerprint density at radius 1 is 1.07 bits per heavy atom. The Bertz CT molecular complexity index is 1010. The van der Waals surface area contributed by atoms with Gasteiger partial charge in [0.05, 0.1) is 23.1 Å². The molecule has 4 heterocycles. The molecule has 0 amide bonds. The number of aryl methyl sites for hydroxylation is 1. The average molecular weight is 388 g/mol. The lowest BCUT2D eigenvalue weighted by atomic mass is 9.82. The average Bonchev–Trinajstić information content (AvgIpc) is 3.19. The summed E-state index contributed by atoms with van der Waals surface area (Å²) in [6.45, 7) is 9.71. The van der Waals surface area contributed by atoms with E-state index in [1.807, 2.05) is 12.3 Å². The van der Waals surface area contributed by atoms with Gasteiger partial charge in [0.1, 0.15) is 5.82 Å². The van der Waals surface area contributed by atoms with E-state index in [0.29, 0.717) is 5.92 Å². The van der Waals surface area contributed by atoms with Crippen LogP contribution in [-0.4, -0.2) is 32.5 Å². The van der Waals surface area contributed by atoms with Gasteiger partial charge in [0.25, 0.3) is 0 Å². The van der Waals surface area contributed by atoms with Gasteiger partial charge in [-0.05, 0) is 37.5 Å². The molecule has 5 rings (SSSR count). The molecule has 0 radical (unpaired) electrons. The Labute approximate surface area is 172 Å². The summed E-state index contributed by atoms with van der Waals surface area (Å²) in [6, 6.07) is 13.1. The van der Waals surface area contributed by atoms with Crippen molar-refractivity contribution < 1.29 is 0 Å². The highest BCUT2D eigenvalue weighted by Crippen LogP contribution is 2.44. The summed E-state index contributed by atoms with van der Waals surface area (Å²) in [5.41, 5.74) is 5.03. The van der Waals surface area contributed by atoms with E-state index in [-0.39, 0.29) is 5.54 Å². The molecule has 1 saturated heterocycles. The number of hydrogen-bond donors (Lipinski definition) is 1. The Balaban J connectivity index is 1.43. The summed E-state index contributed by atoms with van der Waals surface area (Å²) in [6.07, 6.45) is 6.08. The van der Waals surface area contributed by atoms with Crippen LogP contribution in [-0.2, 0) is 12.1 Å². The molecule has 1 N–H and O–H groups in total. The maximum Gasteiger partial charge on any atom is 0.161 e. The number of anilines is 1. The zero-order valence-electron chi connectivity index (χ0n) is 17.5. The fourth-order valence-electron chi connectivity index (χ4n) is 4.75. The largest absolute Gasteiger partial charge is 0.371 e. The minimum Gasteiger partial charge on any atom is -0.371 e. The van der Waals surface area contributed by atoms with Gasteiger partial charge in [-0.25, -0.2) is 9.97 Å². The van der Waals surface area contributed by atoms with E-state index in [2.05, 4.69) is 77.1 Å². The number of nitrogens with zero attached hydrogens (tertiary/aromatic N) is 4. The molecule has 2 aliphatic rings. The van der Waals surface area contributed by atoms with Crippen LogP contribution in [0.1, 0.15) is 55.3 Å². The number of piperidine rings is 1. The van der Waals surface area contributed by atoms with Crippen molar-refractivity contribution in [3.8, 4) is 5.82 Å². The zero-order chi connectivity index (χ0) is 20.0. The molecule has 29 heavy (non-hydrogen) atoms. The predicted molar refractivity (Wildman–Crippen MR) is 116 cm³/mol. The number of aromatic nitrogens is 3. The zero-order valence-corrected chi connectivity index (χ0v) is 17.5. The second-order valence-electron chi connectivity index (χ2n) is 8.84. The Morgan fingerprint density at radius 2 is 1.83 bits per heavy atom. The summed E-state index contributed by atoms with van der Waals surface area (Å²) >= 11 is 0. The molecule has 150 valence electrons. The van der Waals surface area contributed by atoms with E-state index < -0.39 is 0 Å². The van der Waals surface area contributed by atoms with Crippen LogP contribution in [0, 0.1) is 6.92 Å². The molecule has 2 aromatic heterocycles. The monoisotopic (exact) mass is 387 g/mol. The van der Waals surface area contributed by atoms with E-state index in [4.69, 9.17) is 4.98 Å². The molecular weight excluding hydrogens is 358 g/mol. The lowest BCUT2D eigenvalue weighted by Crippen LogP contribution is -2.49. The molecule has 5 heteroatoms. The van der Waals surface area contributed by atoms with Gasteiger partial charge in [-0.1, -0.05) is 43.7 Å². The van der Waals surface area contributed by atoms with Crippen LogP contribution in [0.3, 0.4) is 0 Å². The molecular formula is C24H29N5. The van der Waals surface area contributed by atoms with Crippen LogP contribution >= 0.6 is 0 Å². The number of likely N-dealkylation sites (tertiary alicyclic amines) is 1. The minimum atomic E-state index is -0.0695. The van der Waals surface area contributed by atoms with Crippen LogP contribution in [0.15, 0.2) is 48.8 Å². The molecule has 5 nitrogen and oxygen atoms in total. The van der Waals surface area contributed by atoms with Crippen LogP contribution in [0.25, 0.3) is 5.82 Å². The molecule has 2 aliphatic heterocycles. The SMILES string of the molecule is Cc1ccc(CN2CCC3(CC2)Nc2cccnc2-n2c3cnc2C(C)C)cc1. The number of rotatable bonds is 3. The van der Waals surface area contributed by atoms with E-state index in [0.717, 1.165) is 49.8 Å². The summed E-state index contributed by atoms with van der Waals surface area (Å²) in [5, 5.41) is 3.86. The minimum absolute atomic E-state index is 0.0695. The van der Waals surface area contributed by atoms with Crippen LogP contribution < -0.4 is 5.32 Å². The molecule has 0 unspecified atom stereocenters. The van der Waals surface area contributed by atoms with Gasteiger partial charge in [0, 0.05) is 31.7 Å². The quantitative estimate of drug-likeness (QED) is 0.712. The lowest BCUT2D eigenvalue weighted by molar-refractivity contribution is 0.161. The number of hydrogen-bond acceptors (Lipinski definition) is 4. The highest BCUT2D eigenvalue weighted by Gasteiger charge is 2.43. The standard InChI is InChI=1S/C24H29N5/c1-17(2)22-26-15-21-24(27-20-5-4-12-25-23(20)29(21)22)10-13-28(14-11-24)16-19-8-6-18(3)7-9-19/h4-9,12,15,17,27H,10-11,13-14,16H2,1-3H3. The van der Waals surface area contributed by atoms with Crippen molar-refractivity contribution in [1.82, 2.24) is 19.4 Å². The predicted octanol–water partition coefficient (Wildman–Crippen LogP) is 4.62. The third-order valence-corrected chi connectivity index (χ3v) is 6.40. The van der Waals surface area contributed by atoms with Crippen LogP contribution in [0.2, 0.25) is 0 Å². The second kappa shape index (κ2) is 6.99. The van der Waals surface area contributed by atoms with Gasteiger partial charge in [-0.2, -0.15) is 0 Å². The summed E-state index contributed by atoms with van der Waals surface area (Å²) in [5.74, 6) is 2.44. The van der Waals surface area contributed by atoms with Gasteiger partial charge in [-0.3, -0.25) is 9.47 Å². The molecule has 1 aromatic carbocycles. The van der Waals surface area contributed by atoms with E-state index in [1.54, 1.807) is 0 Å². The first-order valence-corrected chi connectivity index (χ1v) is 10.7. The summed E-state index contributed by atoms with van der Waals surface area (Å²) in [7, 11) is 0. The number of fused-ring (bicyclic) bond motifs is 4. The maximum absolute atomic E-state index is 4.81. The van der Waals surface area contributed by atoms with E-state index in [1.165, 1.54) is 16.8 Å². The molecule has 0 saturated carbocycles. The fourth-order valence-corrected chi connectivity index (χ4v) is 4.75. The highest BCUT2D eigenvalue weighted by atomic mass is 15.3. The first kappa shape index (κ1) is 18.4. The van der Waals surface area contributed by atoms with Crippen molar-refractivity contribution in [2.45, 2.75) is 51.6 Å². The van der Waals surface area contributed by atoms with Gasteiger partial charge >= 0.3 is 0 Å². The highest BCUT2D eigenvalue weighted by molar-refractivity contribution is 5.63. The topological polar surface area (TPSA) is 46.0 Å². The number of benzene rings is 1. The first-order valence-electron chi connectivity index (χ1n) is 10.7. The molecule has 0 bridgehead atoms. The number of imidazole rings is 1. The van der Waals surface area contributed by atoms with Gasteiger partial charge in [-0.15, -0.1) is 0 Å². The summed E-state index contributed by atoms with van der Waals surface area (Å²) in [4.78, 5) is 12.1. The van der Waals surface area contributed by atoms with Gasteiger partial charge in [0.2, 0.25) is 0 Å². The Hall–Kier alpha value is -2.66. The molecule has 1 fully saturated rings. The Morgan fingerprint density at radius 3 is 2.55 bits per heavy atom. The number of nitrogens with one attached hydrogen (secondary N) is 1. The second-order valence-corrected chi connectivity index (χ2v) is 8.84. The van der Waals surface area contributed by atoms with E-state index in [9.17, 15) is 0 Å². The first-order chi connectivity index (χ1) is 14.1.